The first-order valence-corrected chi connectivity index (χ1v) is 7.87. The van der Waals surface area contributed by atoms with Gasteiger partial charge in [-0.1, -0.05) is 72.8 Å². The SMILES string of the molecule is C1=CC(Cc2cccc3ccccc23)N(c2ccccc2)C1. The van der Waals surface area contributed by atoms with Crippen LogP contribution in [0.4, 0.5) is 5.69 Å². The quantitative estimate of drug-likeness (QED) is 0.623. The van der Waals surface area contributed by atoms with Crippen LogP contribution in [0.2, 0.25) is 0 Å². The minimum atomic E-state index is 0.438. The number of para-hydroxylation sites is 1. The lowest BCUT2D eigenvalue weighted by Crippen LogP contribution is -2.31. The number of rotatable bonds is 3. The van der Waals surface area contributed by atoms with E-state index in [1.54, 1.807) is 0 Å². The molecule has 0 fully saturated rings. The van der Waals surface area contributed by atoms with E-state index >= 15 is 0 Å². The molecule has 1 atom stereocenters. The molecule has 0 aromatic heterocycles. The van der Waals surface area contributed by atoms with E-state index in [1.165, 1.54) is 22.0 Å². The standard InChI is InChI=1S/C21H19N/c1-2-11-19(12-3-1)22-15-7-13-20(22)16-18-10-6-9-17-8-4-5-14-21(17)18/h1-14,20H,15-16H2. The minimum Gasteiger partial charge on any atom is -0.361 e. The summed E-state index contributed by atoms with van der Waals surface area (Å²) >= 11 is 0. The Morgan fingerprint density at radius 2 is 1.59 bits per heavy atom. The van der Waals surface area contributed by atoms with Crippen molar-refractivity contribution in [1.82, 2.24) is 0 Å². The molecule has 1 heteroatoms. The second-order valence-corrected chi connectivity index (χ2v) is 5.83. The van der Waals surface area contributed by atoms with E-state index in [2.05, 4.69) is 89.8 Å². The van der Waals surface area contributed by atoms with Crippen LogP contribution in [-0.2, 0) is 6.42 Å². The van der Waals surface area contributed by atoms with Crippen molar-refractivity contribution in [3.63, 3.8) is 0 Å². The fourth-order valence-corrected chi connectivity index (χ4v) is 3.36. The van der Waals surface area contributed by atoms with Gasteiger partial charge in [-0.05, 0) is 34.9 Å². The molecule has 3 aromatic carbocycles. The van der Waals surface area contributed by atoms with Gasteiger partial charge in [-0.3, -0.25) is 0 Å². The van der Waals surface area contributed by atoms with E-state index in [0.29, 0.717) is 6.04 Å². The molecular weight excluding hydrogens is 266 g/mol. The maximum Gasteiger partial charge on any atom is 0.0517 e. The van der Waals surface area contributed by atoms with E-state index in [9.17, 15) is 0 Å². The zero-order valence-electron chi connectivity index (χ0n) is 12.5. The predicted molar refractivity (Wildman–Crippen MR) is 94.4 cm³/mol. The lowest BCUT2D eigenvalue weighted by molar-refractivity contribution is 0.752. The summed E-state index contributed by atoms with van der Waals surface area (Å²) in [5, 5.41) is 2.70. The molecule has 0 aliphatic carbocycles. The molecule has 0 bridgehead atoms. The van der Waals surface area contributed by atoms with Gasteiger partial charge in [0.25, 0.3) is 0 Å². The van der Waals surface area contributed by atoms with Crippen LogP contribution in [0.3, 0.4) is 0 Å². The van der Waals surface area contributed by atoms with Crippen LogP contribution in [0.1, 0.15) is 5.56 Å². The minimum absolute atomic E-state index is 0.438. The second-order valence-electron chi connectivity index (χ2n) is 5.83. The Morgan fingerprint density at radius 3 is 2.50 bits per heavy atom. The molecule has 3 aromatic rings. The number of nitrogens with zero attached hydrogens (tertiary/aromatic N) is 1. The van der Waals surface area contributed by atoms with Crippen molar-refractivity contribution < 1.29 is 0 Å². The topological polar surface area (TPSA) is 3.24 Å². The highest BCUT2D eigenvalue weighted by Crippen LogP contribution is 2.26. The van der Waals surface area contributed by atoms with Crippen LogP contribution >= 0.6 is 0 Å². The Morgan fingerprint density at radius 1 is 0.818 bits per heavy atom. The van der Waals surface area contributed by atoms with Crippen molar-refractivity contribution in [2.24, 2.45) is 0 Å². The molecule has 1 unspecified atom stereocenters. The Kier molecular flexibility index (Phi) is 3.40. The van der Waals surface area contributed by atoms with Crippen molar-refractivity contribution in [3.8, 4) is 0 Å². The Bertz CT molecular complexity index is 799. The van der Waals surface area contributed by atoms with E-state index in [1.807, 2.05) is 0 Å². The summed E-state index contributed by atoms with van der Waals surface area (Å²) in [4.78, 5) is 2.47. The van der Waals surface area contributed by atoms with Gasteiger partial charge in [0.1, 0.15) is 0 Å². The molecule has 0 saturated heterocycles. The summed E-state index contributed by atoms with van der Waals surface area (Å²) in [5.74, 6) is 0. The zero-order chi connectivity index (χ0) is 14.8. The first-order valence-electron chi connectivity index (χ1n) is 7.87. The highest BCUT2D eigenvalue weighted by molar-refractivity contribution is 5.85. The molecule has 0 saturated carbocycles. The van der Waals surface area contributed by atoms with Gasteiger partial charge < -0.3 is 4.90 Å². The molecule has 4 rings (SSSR count). The Labute approximate surface area is 131 Å². The van der Waals surface area contributed by atoms with Gasteiger partial charge in [-0.15, -0.1) is 0 Å². The predicted octanol–water partition coefficient (Wildman–Crippen LogP) is 4.83. The molecule has 22 heavy (non-hydrogen) atoms. The lowest BCUT2D eigenvalue weighted by atomic mass is 9.98. The molecular formula is C21H19N. The molecule has 0 amide bonds. The number of anilines is 1. The summed E-state index contributed by atoms with van der Waals surface area (Å²) in [6.45, 7) is 0.999. The molecule has 1 aliphatic heterocycles. The van der Waals surface area contributed by atoms with Gasteiger partial charge in [0.2, 0.25) is 0 Å². The smallest absolute Gasteiger partial charge is 0.0517 e. The molecule has 0 radical (unpaired) electrons. The van der Waals surface area contributed by atoms with Crippen LogP contribution in [-0.4, -0.2) is 12.6 Å². The highest BCUT2D eigenvalue weighted by Gasteiger charge is 2.20. The van der Waals surface area contributed by atoms with Crippen molar-refractivity contribution in [2.75, 3.05) is 11.4 Å². The van der Waals surface area contributed by atoms with Gasteiger partial charge in [0, 0.05) is 12.2 Å². The van der Waals surface area contributed by atoms with Gasteiger partial charge in [-0.25, -0.2) is 0 Å². The monoisotopic (exact) mass is 285 g/mol. The third-order valence-electron chi connectivity index (χ3n) is 4.46. The summed E-state index contributed by atoms with van der Waals surface area (Å²) in [5.41, 5.74) is 2.73. The average Bonchev–Trinajstić information content (AvgIpc) is 3.04. The molecule has 108 valence electrons. The van der Waals surface area contributed by atoms with E-state index in [4.69, 9.17) is 0 Å². The molecule has 1 nitrogen and oxygen atoms in total. The summed E-state index contributed by atoms with van der Waals surface area (Å²) < 4.78 is 0. The molecule has 0 spiro atoms. The molecule has 1 heterocycles. The van der Waals surface area contributed by atoms with Crippen LogP contribution in [0.5, 0.6) is 0 Å². The number of hydrogen-bond acceptors (Lipinski definition) is 1. The van der Waals surface area contributed by atoms with Crippen LogP contribution in [0.15, 0.2) is 84.9 Å². The van der Waals surface area contributed by atoms with E-state index < -0.39 is 0 Å². The van der Waals surface area contributed by atoms with Crippen molar-refractivity contribution in [3.05, 3.63) is 90.5 Å². The van der Waals surface area contributed by atoms with Gasteiger partial charge >= 0.3 is 0 Å². The maximum absolute atomic E-state index is 2.47. The number of hydrogen-bond donors (Lipinski definition) is 0. The van der Waals surface area contributed by atoms with Gasteiger partial charge in [0.15, 0.2) is 0 Å². The first kappa shape index (κ1) is 13.1. The third kappa shape index (κ3) is 2.39. The maximum atomic E-state index is 2.47. The van der Waals surface area contributed by atoms with E-state index in [-0.39, 0.29) is 0 Å². The van der Waals surface area contributed by atoms with E-state index in [0.717, 1.165) is 13.0 Å². The normalized spacial score (nSPS) is 17.3. The van der Waals surface area contributed by atoms with Crippen molar-refractivity contribution >= 4 is 16.5 Å². The van der Waals surface area contributed by atoms with Crippen LogP contribution in [0.25, 0.3) is 10.8 Å². The average molecular weight is 285 g/mol. The molecule has 0 N–H and O–H groups in total. The molecule has 1 aliphatic rings. The van der Waals surface area contributed by atoms with Crippen molar-refractivity contribution in [2.45, 2.75) is 12.5 Å². The first-order chi connectivity index (χ1) is 10.9. The fourth-order valence-electron chi connectivity index (χ4n) is 3.36. The fraction of sp³-hybridized carbons (Fsp3) is 0.143. The summed E-state index contributed by atoms with van der Waals surface area (Å²) in [7, 11) is 0. The van der Waals surface area contributed by atoms with Crippen LogP contribution < -0.4 is 4.90 Å². The Balaban J connectivity index is 1.66. The third-order valence-corrected chi connectivity index (χ3v) is 4.46. The number of benzene rings is 3. The number of fused-ring (bicyclic) bond motifs is 1. The highest BCUT2D eigenvalue weighted by atomic mass is 15.2. The lowest BCUT2D eigenvalue weighted by Gasteiger charge is -2.27. The largest absolute Gasteiger partial charge is 0.361 e. The van der Waals surface area contributed by atoms with Crippen LogP contribution in [0, 0.1) is 0 Å². The zero-order valence-corrected chi connectivity index (χ0v) is 12.5. The van der Waals surface area contributed by atoms with Crippen molar-refractivity contribution in [1.29, 1.82) is 0 Å². The van der Waals surface area contributed by atoms with Gasteiger partial charge in [-0.2, -0.15) is 0 Å². The Hall–Kier alpha value is -2.54. The second kappa shape index (κ2) is 5.69. The summed E-state index contributed by atoms with van der Waals surface area (Å²) in [6.07, 6.45) is 5.67. The summed E-state index contributed by atoms with van der Waals surface area (Å²) in [6, 6.07) is 26.4. The van der Waals surface area contributed by atoms with Gasteiger partial charge in [0.05, 0.1) is 6.04 Å².